The highest BCUT2D eigenvalue weighted by Crippen LogP contribution is 2.21. The molecular weight excluding hydrogens is 262 g/mol. The predicted octanol–water partition coefficient (Wildman–Crippen LogP) is 2.79. The number of nitrogens with zero attached hydrogens (tertiary/aromatic N) is 4. The van der Waals surface area contributed by atoms with Crippen molar-refractivity contribution in [1.29, 1.82) is 0 Å². The second-order valence-corrected chi connectivity index (χ2v) is 4.55. The molecule has 0 aliphatic carbocycles. The number of aryl methyl sites for hydroxylation is 1. The fourth-order valence-corrected chi connectivity index (χ4v) is 2.02. The molecule has 2 aromatic rings. The van der Waals surface area contributed by atoms with Crippen molar-refractivity contribution >= 4 is 17.4 Å². The van der Waals surface area contributed by atoms with Crippen molar-refractivity contribution in [1.82, 2.24) is 19.9 Å². The van der Waals surface area contributed by atoms with E-state index in [4.69, 9.17) is 11.6 Å². The first-order valence-corrected chi connectivity index (χ1v) is 6.60. The van der Waals surface area contributed by atoms with E-state index in [2.05, 4.69) is 32.2 Å². The summed E-state index contributed by atoms with van der Waals surface area (Å²) >= 11 is 6.10. The zero-order valence-electron chi connectivity index (χ0n) is 11.0. The summed E-state index contributed by atoms with van der Waals surface area (Å²) in [7, 11) is 0. The first-order chi connectivity index (χ1) is 9.20. The quantitative estimate of drug-likeness (QED) is 0.852. The SMILES string of the molecule is CCCc1c(Cl)ncnc1NCc1ccnc(C)n1. The minimum absolute atomic E-state index is 0.512. The molecule has 0 bridgehead atoms. The molecule has 19 heavy (non-hydrogen) atoms. The summed E-state index contributed by atoms with van der Waals surface area (Å²) in [4.78, 5) is 16.7. The van der Waals surface area contributed by atoms with E-state index in [1.54, 1.807) is 6.20 Å². The summed E-state index contributed by atoms with van der Waals surface area (Å²) in [6, 6.07) is 1.88. The van der Waals surface area contributed by atoms with Crippen LogP contribution in [0.2, 0.25) is 5.15 Å². The van der Waals surface area contributed by atoms with Gasteiger partial charge in [0.25, 0.3) is 0 Å². The zero-order valence-corrected chi connectivity index (χ0v) is 11.8. The zero-order chi connectivity index (χ0) is 13.7. The summed E-state index contributed by atoms with van der Waals surface area (Å²) in [5.74, 6) is 1.53. The number of nitrogens with one attached hydrogen (secondary N) is 1. The largest absolute Gasteiger partial charge is 0.364 e. The Morgan fingerprint density at radius 3 is 2.84 bits per heavy atom. The van der Waals surface area contributed by atoms with Crippen LogP contribution >= 0.6 is 11.6 Å². The Morgan fingerprint density at radius 1 is 1.26 bits per heavy atom. The molecular formula is C13H16ClN5. The van der Waals surface area contributed by atoms with E-state index in [0.29, 0.717) is 11.7 Å². The molecule has 0 fully saturated rings. The first kappa shape index (κ1) is 13.7. The molecule has 2 aromatic heterocycles. The molecule has 0 spiro atoms. The molecule has 0 saturated carbocycles. The lowest BCUT2D eigenvalue weighted by molar-refractivity contribution is 0.890. The lowest BCUT2D eigenvalue weighted by Gasteiger charge is -2.10. The maximum absolute atomic E-state index is 6.10. The highest BCUT2D eigenvalue weighted by Gasteiger charge is 2.09. The molecule has 0 amide bonds. The van der Waals surface area contributed by atoms with E-state index in [1.165, 1.54) is 6.33 Å². The van der Waals surface area contributed by atoms with Gasteiger partial charge in [0.1, 0.15) is 23.1 Å². The topological polar surface area (TPSA) is 63.6 Å². The van der Waals surface area contributed by atoms with Crippen molar-refractivity contribution in [3.05, 3.63) is 40.8 Å². The smallest absolute Gasteiger partial charge is 0.137 e. The molecule has 0 aliphatic heterocycles. The van der Waals surface area contributed by atoms with E-state index in [-0.39, 0.29) is 0 Å². The number of aromatic nitrogens is 4. The molecule has 100 valence electrons. The lowest BCUT2D eigenvalue weighted by Crippen LogP contribution is -2.08. The van der Waals surface area contributed by atoms with Gasteiger partial charge in [-0.05, 0) is 19.4 Å². The van der Waals surface area contributed by atoms with Crippen molar-refractivity contribution < 1.29 is 0 Å². The van der Waals surface area contributed by atoms with E-state index < -0.39 is 0 Å². The second-order valence-electron chi connectivity index (χ2n) is 4.19. The van der Waals surface area contributed by atoms with Crippen LogP contribution < -0.4 is 5.32 Å². The molecule has 2 heterocycles. The van der Waals surface area contributed by atoms with Gasteiger partial charge in [0.05, 0.1) is 12.2 Å². The van der Waals surface area contributed by atoms with E-state index >= 15 is 0 Å². The van der Waals surface area contributed by atoms with Crippen LogP contribution in [0.4, 0.5) is 5.82 Å². The van der Waals surface area contributed by atoms with Crippen LogP contribution in [0.5, 0.6) is 0 Å². The van der Waals surface area contributed by atoms with Crippen LogP contribution in [0.3, 0.4) is 0 Å². The van der Waals surface area contributed by atoms with Crippen molar-refractivity contribution in [2.24, 2.45) is 0 Å². The van der Waals surface area contributed by atoms with Gasteiger partial charge in [-0.1, -0.05) is 24.9 Å². The van der Waals surface area contributed by atoms with Crippen LogP contribution in [0.15, 0.2) is 18.6 Å². The Kier molecular flexibility index (Phi) is 4.63. The molecule has 6 heteroatoms. The van der Waals surface area contributed by atoms with Gasteiger partial charge >= 0.3 is 0 Å². The van der Waals surface area contributed by atoms with Crippen molar-refractivity contribution in [2.75, 3.05) is 5.32 Å². The number of rotatable bonds is 5. The maximum Gasteiger partial charge on any atom is 0.137 e. The summed E-state index contributed by atoms with van der Waals surface area (Å²) in [6.45, 7) is 4.56. The summed E-state index contributed by atoms with van der Waals surface area (Å²) in [6.07, 6.45) is 5.06. The Labute approximate surface area is 117 Å². The molecule has 0 saturated heterocycles. The van der Waals surface area contributed by atoms with Gasteiger partial charge in [-0.3, -0.25) is 0 Å². The Bertz CT molecular complexity index is 558. The van der Waals surface area contributed by atoms with Gasteiger partial charge in [-0.25, -0.2) is 19.9 Å². The lowest BCUT2D eigenvalue weighted by atomic mass is 10.2. The summed E-state index contributed by atoms with van der Waals surface area (Å²) < 4.78 is 0. The average Bonchev–Trinajstić information content (AvgIpc) is 2.40. The highest BCUT2D eigenvalue weighted by atomic mass is 35.5. The maximum atomic E-state index is 6.10. The third-order valence-corrected chi connectivity index (χ3v) is 2.99. The van der Waals surface area contributed by atoms with Crippen molar-refractivity contribution in [3.63, 3.8) is 0 Å². The van der Waals surface area contributed by atoms with Gasteiger partial charge in [0.2, 0.25) is 0 Å². The van der Waals surface area contributed by atoms with Crippen LogP contribution in [0, 0.1) is 6.92 Å². The minimum Gasteiger partial charge on any atom is -0.364 e. The monoisotopic (exact) mass is 277 g/mol. The molecule has 0 unspecified atom stereocenters. The number of halogens is 1. The van der Waals surface area contributed by atoms with E-state index in [1.807, 2.05) is 13.0 Å². The van der Waals surface area contributed by atoms with E-state index in [9.17, 15) is 0 Å². The minimum atomic E-state index is 0.512. The molecule has 0 atom stereocenters. The van der Waals surface area contributed by atoms with Gasteiger partial charge in [0, 0.05) is 11.8 Å². The van der Waals surface area contributed by atoms with Crippen molar-refractivity contribution in [3.8, 4) is 0 Å². The Balaban J connectivity index is 2.13. The Hall–Kier alpha value is -1.75. The van der Waals surface area contributed by atoms with Gasteiger partial charge in [0.15, 0.2) is 0 Å². The predicted molar refractivity (Wildman–Crippen MR) is 75.1 cm³/mol. The van der Waals surface area contributed by atoms with Crippen LogP contribution in [-0.4, -0.2) is 19.9 Å². The normalized spacial score (nSPS) is 10.5. The average molecular weight is 278 g/mol. The number of hydrogen-bond acceptors (Lipinski definition) is 5. The molecule has 0 aromatic carbocycles. The van der Waals surface area contributed by atoms with Gasteiger partial charge in [-0.2, -0.15) is 0 Å². The summed E-state index contributed by atoms with van der Waals surface area (Å²) in [5.41, 5.74) is 1.88. The van der Waals surface area contributed by atoms with E-state index in [0.717, 1.165) is 35.7 Å². The third-order valence-electron chi connectivity index (χ3n) is 2.66. The molecule has 2 rings (SSSR count). The fourth-order valence-electron chi connectivity index (χ4n) is 1.79. The van der Waals surface area contributed by atoms with Crippen molar-refractivity contribution in [2.45, 2.75) is 33.2 Å². The first-order valence-electron chi connectivity index (χ1n) is 6.22. The van der Waals surface area contributed by atoms with Gasteiger partial charge in [-0.15, -0.1) is 0 Å². The van der Waals surface area contributed by atoms with Crippen LogP contribution in [-0.2, 0) is 13.0 Å². The fraction of sp³-hybridized carbons (Fsp3) is 0.385. The third kappa shape index (κ3) is 3.61. The molecule has 1 N–H and O–H groups in total. The van der Waals surface area contributed by atoms with Crippen LogP contribution in [0.25, 0.3) is 0 Å². The second kappa shape index (κ2) is 6.43. The standard InChI is InChI=1S/C13H16ClN5/c1-3-4-11-12(14)17-8-18-13(11)16-7-10-5-6-15-9(2)19-10/h5-6,8H,3-4,7H2,1-2H3,(H,16,17,18). The number of hydrogen-bond donors (Lipinski definition) is 1. The highest BCUT2D eigenvalue weighted by molar-refractivity contribution is 6.30. The van der Waals surface area contributed by atoms with Gasteiger partial charge < -0.3 is 5.32 Å². The summed E-state index contributed by atoms with van der Waals surface area (Å²) in [5, 5.41) is 3.77. The number of anilines is 1. The molecule has 0 radical (unpaired) electrons. The molecule has 0 aliphatic rings. The molecule has 5 nitrogen and oxygen atoms in total. The van der Waals surface area contributed by atoms with Crippen LogP contribution in [0.1, 0.15) is 30.4 Å². The Morgan fingerprint density at radius 2 is 2.11 bits per heavy atom.